The maximum Gasteiger partial charge on any atom is 0.350 e. The fraction of sp³-hybridized carbons (Fsp3) is 0.476. The van der Waals surface area contributed by atoms with Crippen molar-refractivity contribution >= 4 is 28.3 Å². The van der Waals surface area contributed by atoms with Crippen molar-refractivity contribution in [2.75, 3.05) is 31.6 Å². The second kappa shape index (κ2) is 9.80. The smallest absolute Gasteiger partial charge is 0.350 e. The number of amides is 1. The summed E-state index contributed by atoms with van der Waals surface area (Å²) in [5.41, 5.74) is 1.98. The Kier molecular flexibility index (Phi) is 7.17. The fourth-order valence-electron chi connectivity index (χ4n) is 3.64. The van der Waals surface area contributed by atoms with Crippen LogP contribution in [0.2, 0.25) is 0 Å². The summed E-state index contributed by atoms with van der Waals surface area (Å²) in [7, 11) is 0. The number of esters is 1. The summed E-state index contributed by atoms with van der Waals surface area (Å²) in [6, 6.07) is 10.6. The average Bonchev–Trinajstić information content (AvgIpc) is 3.04. The molecule has 7 heteroatoms. The molecule has 1 aromatic carbocycles. The number of rotatable bonds is 7. The molecule has 1 aromatic heterocycles. The van der Waals surface area contributed by atoms with Gasteiger partial charge in [0, 0.05) is 0 Å². The van der Waals surface area contributed by atoms with Crippen molar-refractivity contribution in [2.45, 2.75) is 33.1 Å². The lowest BCUT2D eigenvalue weighted by Crippen LogP contribution is -3.14. The SMILES string of the molecule is CCOC(=O)c1sc(NC(=O)C[NH+]2CCC(Cc3ccccc3)CC2)nc1C. The van der Waals surface area contributed by atoms with E-state index < -0.39 is 0 Å². The van der Waals surface area contributed by atoms with Crippen LogP contribution in [0.5, 0.6) is 0 Å². The number of hydrogen-bond donors (Lipinski definition) is 2. The van der Waals surface area contributed by atoms with E-state index in [1.807, 2.05) is 0 Å². The van der Waals surface area contributed by atoms with Gasteiger partial charge in [0.2, 0.25) is 0 Å². The molecule has 6 nitrogen and oxygen atoms in total. The molecule has 0 saturated carbocycles. The number of carbonyl (C=O) groups excluding carboxylic acids is 2. The summed E-state index contributed by atoms with van der Waals surface area (Å²) in [6.07, 6.45) is 3.40. The molecule has 0 atom stereocenters. The largest absolute Gasteiger partial charge is 0.462 e. The van der Waals surface area contributed by atoms with Crippen LogP contribution >= 0.6 is 11.3 Å². The van der Waals surface area contributed by atoms with Crippen LogP contribution in [-0.4, -0.2) is 43.1 Å². The Labute approximate surface area is 169 Å². The van der Waals surface area contributed by atoms with Gasteiger partial charge >= 0.3 is 5.97 Å². The van der Waals surface area contributed by atoms with E-state index in [2.05, 4.69) is 40.6 Å². The monoisotopic (exact) mass is 402 g/mol. The van der Waals surface area contributed by atoms with E-state index in [4.69, 9.17) is 4.74 Å². The highest BCUT2D eigenvalue weighted by Crippen LogP contribution is 2.23. The van der Waals surface area contributed by atoms with Crippen LogP contribution in [0.4, 0.5) is 5.13 Å². The van der Waals surface area contributed by atoms with Crippen molar-refractivity contribution in [1.29, 1.82) is 0 Å². The van der Waals surface area contributed by atoms with Crippen LogP contribution in [-0.2, 0) is 16.0 Å². The number of benzene rings is 1. The fourth-order valence-corrected chi connectivity index (χ4v) is 4.52. The van der Waals surface area contributed by atoms with Crippen LogP contribution in [0.1, 0.15) is 40.7 Å². The van der Waals surface area contributed by atoms with E-state index in [1.165, 1.54) is 21.8 Å². The Balaban J connectivity index is 1.45. The number of nitrogens with one attached hydrogen (secondary N) is 2. The molecule has 1 aliphatic heterocycles. The van der Waals surface area contributed by atoms with Gasteiger partial charge in [-0.3, -0.25) is 10.1 Å². The molecule has 3 rings (SSSR count). The molecule has 0 spiro atoms. The van der Waals surface area contributed by atoms with Gasteiger partial charge in [-0.2, -0.15) is 0 Å². The van der Waals surface area contributed by atoms with Crippen LogP contribution in [0, 0.1) is 12.8 Å². The minimum atomic E-state index is -0.385. The molecule has 0 aliphatic carbocycles. The molecule has 1 aliphatic rings. The molecule has 0 radical (unpaired) electrons. The maximum atomic E-state index is 12.4. The van der Waals surface area contributed by atoms with E-state index in [-0.39, 0.29) is 11.9 Å². The number of quaternary nitrogens is 1. The van der Waals surface area contributed by atoms with E-state index >= 15 is 0 Å². The average molecular weight is 403 g/mol. The molecule has 2 aromatic rings. The number of aryl methyl sites for hydroxylation is 1. The molecule has 2 heterocycles. The van der Waals surface area contributed by atoms with Gasteiger partial charge in [-0.25, -0.2) is 9.78 Å². The third-order valence-corrected chi connectivity index (χ3v) is 6.15. The molecular formula is C21H28N3O3S+. The van der Waals surface area contributed by atoms with Gasteiger partial charge in [-0.15, -0.1) is 0 Å². The molecular weight excluding hydrogens is 374 g/mol. The predicted molar refractivity (Wildman–Crippen MR) is 110 cm³/mol. The summed E-state index contributed by atoms with van der Waals surface area (Å²) >= 11 is 1.17. The first kappa shape index (κ1) is 20.5. The van der Waals surface area contributed by atoms with Crippen LogP contribution in [0.15, 0.2) is 30.3 Å². The van der Waals surface area contributed by atoms with E-state index in [1.54, 1.807) is 13.8 Å². The van der Waals surface area contributed by atoms with Gasteiger partial charge < -0.3 is 9.64 Å². The molecule has 0 unspecified atom stereocenters. The van der Waals surface area contributed by atoms with Gasteiger partial charge in [0.05, 0.1) is 25.4 Å². The maximum absolute atomic E-state index is 12.4. The lowest BCUT2D eigenvalue weighted by molar-refractivity contribution is -0.898. The number of likely N-dealkylation sites (tertiary alicyclic amines) is 1. The Morgan fingerprint density at radius 2 is 1.96 bits per heavy atom. The Bertz CT molecular complexity index is 798. The van der Waals surface area contributed by atoms with Gasteiger partial charge in [-0.1, -0.05) is 41.7 Å². The second-order valence-corrected chi connectivity index (χ2v) is 8.26. The zero-order valence-electron chi connectivity index (χ0n) is 16.5. The highest BCUT2D eigenvalue weighted by atomic mass is 32.1. The van der Waals surface area contributed by atoms with E-state index in [0.29, 0.717) is 34.8 Å². The van der Waals surface area contributed by atoms with Gasteiger partial charge in [-0.05, 0) is 44.6 Å². The van der Waals surface area contributed by atoms with Crippen molar-refractivity contribution in [3.8, 4) is 0 Å². The number of piperidine rings is 1. The highest BCUT2D eigenvalue weighted by molar-refractivity contribution is 7.17. The van der Waals surface area contributed by atoms with E-state index in [0.717, 1.165) is 32.4 Å². The molecule has 1 saturated heterocycles. The number of nitrogens with zero attached hydrogens (tertiary/aromatic N) is 1. The first-order valence-electron chi connectivity index (χ1n) is 9.87. The minimum Gasteiger partial charge on any atom is -0.462 e. The van der Waals surface area contributed by atoms with Gasteiger partial charge in [0.25, 0.3) is 5.91 Å². The Hall–Kier alpha value is -2.25. The van der Waals surface area contributed by atoms with E-state index in [9.17, 15) is 9.59 Å². The molecule has 2 N–H and O–H groups in total. The normalized spacial score (nSPS) is 19.2. The topological polar surface area (TPSA) is 72.7 Å². The summed E-state index contributed by atoms with van der Waals surface area (Å²) in [5, 5.41) is 3.30. The van der Waals surface area contributed by atoms with Crippen molar-refractivity contribution < 1.29 is 19.2 Å². The minimum absolute atomic E-state index is 0.0549. The number of aromatic nitrogens is 1. The lowest BCUT2D eigenvalue weighted by Gasteiger charge is -2.28. The zero-order valence-corrected chi connectivity index (χ0v) is 17.3. The van der Waals surface area contributed by atoms with Gasteiger partial charge in [0.1, 0.15) is 4.88 Å². The third-order valence-electron chi connectivity index (χ3n) is 5.09. The lowest BCUT2D eigenvalue weighted by atomic mass is 9.90. The summed E-state index contributed by atoms with van der Waals surface area (Å²) < 4.78 is 5.02. The van der Waals surface area contributed by atoms with Crippen molar-refractivity contribution in [3.63, 3.8) is 0 Å². The second-order valence-electron chi connectivity index (χ2n) is 7.26. The van der Waals surface area contributed by atoms with Crippen LogP contribution in [0.3, 0.4) is 0 Å². The third kappa shape index (κ3) is 5.62. The van der Waals surface area contributed by atoms with Crippen molar-refractivity contribution in [2.24, 2.45) is 5.92 Å². The number of thiazole rings is 1. The molecule has 0 bridgehead atoms. The van der Waals surface area contributed by atoms with Crippen LogP contribution < -0.4 is 10.2 Å². The number of anilines is 1. The zero-order chi connectivity index (χ0) is 19.9. The quantitative estimate of drug-likeness (QED) is 0.696. The molecule has 28 heavy (non-hydrogen) atoms. The number of ether oxygens (including phenoxy) is 1. The molecule has 1 fully saturated rings. The standard InChI is InChI=1S/C21H27N3O3S/c1-3-27-20(26)19-15(2)22-21(28-19)23-18(25)14-24-11-9-17(10-12-24)13-16-7-5-4-6-8-16/h4-8,17H,3,9-14H2,1-2H3,(H,22,23,25)/p+1. The summed E-state index contributed by atoms with van der Waals surface area (Å²) in [5.74, 6) is 0.257. The predicted octanol–water partition coefficient (Wildman–Crippen LogP) is 2.10. The first-order chi connectivity index (χ1) is 13.5. The summed E-state index contributed by atoms with van der Waals surface area (Å²) in [6.45, 7) is 6.29. The molecule has 150 valence electrons. The summed E-state index contributed by atoms with van der Waals surface area (Å²) in [4.78, 5) is 30.3. The van der Waals surface area contributed by atoms with Crippen LogP contribution in [0.25, 0.3) is 0 Å². The first-order valence-corrected chi connectivity index (χ1v) is 10.7. The Morgan fingerprint density at radius 1 is 1.25 bits per heavy atom. The number of hydrogen-bond acceptors (Lipinski definition) is 5. The highest BCUT2D eigenvalue weighted by Gasteiger charge is 2.25. The van der Waals surface area contributed by atoms with Crippen molar-refractivity contribution in [1.82, 2.24) is 4.98 Å². The molecule has 1 amide bonds. The van der Waals surface area contributed by atoms with Gasteiger partial charge in [0.15, 0.2) is 11.7 Å². The van der Waals surface area contributed by atoms with Crippen molar-refractivity contribution in [3.05, 3.63) is 46.5 Å². The Morgan fingerprint density at radius 3 is 2.64 bits per heavy atom. The number of carbonyl (C=O) groups is 2.